The van der Waals surface area contributed by atoms with Gasteiger partial charge in [-0.3, -0.25) is 4.99 Å². The molecule has 0 fully saturated rings. The Bertz CT molecular complexity index is 522. The molecule has 4 nitrogen and oxygen atoms in total. The third-order valence-corrected chi connectivity index (χ3v) is 2.18. The summed E-state index contributed by atoms with van der Waals surface area (Å²) in [6.07, 6.45) is 6.89. The fraction of sp³-hybridized carbons (Fsp3) is 0.0909. The normalized spacial score (nSPS) is 12.7. The van der Waals surface area contributed by atoms with E-state index in [1.807, 2.05) is 18.3 Å². The van der Waals surface area contributed by atoms with Gasteiger partial charge in [0.2, 0.25) is 0 Å². The lowest BCUT2D eigenvalue weighted by atomic mass is 10.1. The Hall–Kier alpha value is -2.10. The summed E-state index contributed by atoms with van der Waals surface area (Å²) >= 11 is 0. The van der Waals surface area contributed by atoms with Gasteiger partial charge in [-0.15, -0.1) is 0 Å². The number of aromatic amines is 1. The molecule has 3 N–H and O–H groups in total. The van der Waals surface area contributed by atoms with Gasteiger partial charge in [0.25, 0.3) is 0 Å². The van der Waals surface area contributed by atoms with Gasteiger partial charge in [0.15, 0.2) is 0 Å². The second kappa shape index (κ2) is 3.96. The first kappa shape index (κ1) is 9.45. The Morgan fingerprint density at radius 2 is 2.47 bits per heavy atom. The maximum Gasteiger partial charge on any atom is 0.137 e. The van der Waals surface area contributed by atoms with Gasteiger partial charge in [-0.05, 0) is 12.1 Å². The van der Waals surface area contributed by atoms with Crippen LogP contribution < -0.4 is 5.73 Å². The van der Waals surface area contributed by atoms with Crippen molar-refractivity contribution in [3.8, 4) is 0 Å². The molecule has 2 heterocycles. The minimum Gasteiger partial charge on any atom is -0.404 e. The second-order valence-corrected chi connectivity index (χ2v) is 3.15. The molecule has 2 aromatic heterocycles. The molecule has 2 rings (SSSR count). The highest BCUT2D eigenvalue weighted by Crippen LogP contribution is 2.16. The van der Waals surface area contributed by atoms with Crippen molar-refractivity contribution in [2.45, 2.75) is 0 Å². The van der Waals surface area contributed by atoms with Gasteiger partial charge in [-0.1, -0.05) is 0 Å². The van der Waals surface area contributed by atoms with Gasteiger partial charge in [-0.25, -0.2) is 4.98 Å². The lowest BCUT2D eigenvalue weighted by Gasteiger charge is -2.00. The van der Waals surface area contributed by atoms with Crippen LogP contribution in [0, 0.1) is 0 Å². The number of nitrogens with one attached hydrogen (secondary N) is 1. The Labute approximate surface area is 87.5 Å². The summed E-state index contributed by atoms with van der Waals surface area (Å²) in [5.74, 6) is 0. The van der Waals surface area contributed by atoms with Crippen molar-refractivity contribution < 1.29 is 0 Å². The summed E-state index contributed by atoms with van der Waals surface area (Å²) in [6.45, 7) is 0. The highest BCUT2D eigenvalue weighted by Gasteiger charge is 2.01. The number of aliphatic imine (C=N–C) groups is 1. The average molecular weight is 200 g/mol. The third-order valence-electron chi connectivity index (χ3n) is 2.18. The van der Waals surface area contributed by atoms with Crippen molar-refractivity contribution in [2.24, 2.45) is 10.7 Å². The number of H-pyrrole nitrogens is 1. The fourth-order valence-electron chi connectivity index (χ4n) is 1.45. The topological polar surface area (TPSA) is 67.1 Å². The number of aromatic nitrogens is 2. The standard InChI is InChI=1S/C11H12N4/c1-13-6-10(5-12)9-4-8-2-3-14-11(8)15-7-9/h2-7H,12H2,1H3,(H,14,15). The molecular weight excluding hydrogens is 188 g/mol. The second-order valence-electron chi connectivity index (χ2n) is 3.15. The zero-order valence-electron chi connectivity index (χ0n) is 8.44. The van der Waals surface area contributed by atoms with E-state index >= 15 is 0 Å². The van der Waals surface area contributed by atoms with E-state index in [4.69, 9.17) is 5.73 Å². The Morgan fingerprint density at radius 3 is 3.20 bits per heavy atom. The van der Waals surface area contributed by atoms with Gasteiger partial charge in [0.1, 0.15) is 5.65 Å². The molecule has 0 aliphatic rings. The zero-order chi connectivity index (χ0) is 10.7. The molecule has 0 spiro atoms. The molecule has 0 aliphatic carbocycles. The monoisotopic (exact) mass is 200 g/mol. The minimum atomic E-state index is 0.869. The van der Waals surface area contributed by atoms with Crippen LogP contribution in [0.3, 0.4) is 0 Å². The number of rotatable bonds is 2. The van der Waals surface area contributed by atoms with Crippen molar-refractivity contribution in [3.05, 3.63) is 36.3 Å². The first-order valence-electron chi connectivity index (χ1n) is 4.62. The Morgan fingerprint density at radius 1 is 1.60 bits per heavy atom. The quantitative estimate of drug-likeness (QED) is 0.722. The summed E-state index contributed by atoms with van der Waals surface area (Å²) in [6, 6.07) is 4.00. The molecule has 0 aromatic carbocycles. The first-order chi connectivity index (χ1) is 7.35. The zero-order valence-corrected chi connectivity index (χ0v) is 8.44. The van der Waals surface area contributed by atoms with E-state index in [1.165, 1.54) is 6.20 Å². The number of hydrogen-bond acceptors (Lipinski definition) is 3. The maximum atomic E-state index is 5.52. The van der Waals surface area contributed by atoms with E-state index in [1.54, 1.807) is 19.5 Å². The summed E-state index contributed by atoms with van der Waals surface area (Å²) < 4.78 is 0. The van der Waals surface area contributed by atoms with E-state index in [2.05, 4.69) is 15.0 Å². The smallest absolute Gasteiger partial charge is 0.137 e. The highest BCUT2D eigenvalue weighted by atomic mass is 14.8. The number of pyridine rings is 1. The summed E-state index contributed by atoms with van der Waals surface area (Å²) in [5, 5.41) is 1.07. The summed E-state index contributed by atoms with van der Waals surface area (Å²) in [7, 11) is 1.71. The van der Waals surface area contributed by atoms with Gasteiger partial charge < -0.3 is 10.7 Å². The van der Waals surface area contributed by atoms with Crippen molar-refractivity contribution >= 4 is 22.8 Å². The number of fused-ring (bicyclic) bond motifs is 1. The van der Waals surface area contributed by atoms with E-state index in [0.717, 1.165) is 22.2 Å². The first-order valence-corrected chi connectivity index (χ1v) is 4.62. The number of nitrogens with two attached hydrogens (primary N) is 1. The molecule has 15 heavy (non-hydrogen) atoms. The average Bonchev–Trinajstić information content (AvgIpc) is 2.72. The van der Waals surface area contributed by atoms with Gasteiger partial charge in [0.05, 0.1) is 0 Å². The minimum absolute atomic E-state index is 0.869. The molecule has 0 saturated heterocycles. The van der Waals surface area contributed by atoms with E-state index in [0.29, 0.717) is 0 Å². The van der Waals surface area contributed by atoms with Crippen LogP contribution in [-0.2, 0) is 0 Å². The van der Waals surface area contributed by atoms with Crippen LogP contribution in [0.2, 0.25) is 0 Å². The predicted molar refractivity (Wildman–Crippen MR) is 62.7 cm³/mol. The number of allylic oxidation sites excluding steroid dienone is 1. The van der Waals surface area contributed by atoms with Crippen molar-refractivity contribution in [3.63, 3.8) is 0 Å². The summed E-state index contributed by atoms with van der Waals surface area (Å²) in [5.41, 5.74) is 8.24. The highest BCUT2D eigenvalue weighted by molar-refractivity contribution is 6.10. The molecular formula is C11H12N4. The lowest BCUT2D eigenvalue weighted by Crippen LogP contribution is -1.92. The van der Waals surface area contributed by atoms with Crippen LogP contribution in [-0.4, -0.2) is 23.2 Å². The molecule has 0 unspecified atom stereocenters. The van der Waals surface area contributed by atoms with Gasteiger partial charge >= 0.3 is 0 Å². The van der Waals surface area contributed by atoms with Crippen molar-refractivity contribution in [1.29, 1.82) is 0 Å². The molecule has 0 atom stereocenters. The SMILES string of the molecule is CN=CC(=CN)c1cnc2[nH]ccc2c1. The largest absolute Gasteiger partial charge is 0.404 e. The van der Waals surface area contributed by atoms with E-state index in [9.17, 15) is 0 Å². The molecule has 0 bridgehead atoms. The molecule has 0 radical (unpaired) electrons. The van der Waals surface area contributed by atoms with Crippen LogP contribution in [0.15, 0.2) is 35.7 Å². The lowest BCUT2D eigenvalue weighted by molar-refractivity contribution is 1.31. The van der Waals surface area contributed by atoms with Crippen molar-refractivity contribution in [1.82, 2.24) is 9.97 Å². The molecule has 4 heteroatoms. The van der Waals surface area contributed by atoms with Crippen molar-refractivity contribution in [2.75, 3.05) is 7.05 Å². The van der Waals surface area contributed by atoms with Crippen LogP contribution >= 0.6 is 0 Å². The molecule has 0 saturated carbocycles. The maximum absolute atomic E-state index is 5.52. The predicted octanol–water partition coefficient (Wildman–Crippen LogP) is 1.56. The molecule has 0 amide bonds. The van der Waals surface area contributed by atoms with Crippen LogP contribution in [0.25, 0.3) is 16.6 Å². The Kier molecular flexibility index (Phi) is 2.49. The Balaban J connectivity index is 2.51. The fourth-order valence-corrected chi connectivity index (χ4v) is 1.45. The molecule has 0 aliphatic heterocycles. The molecule has 2 aromatic rings. The number of hydrogen-bond donors (Lipinski definition) is 2. The summed E-state index contributed by atoms with van der Waals surface area (Å²) in [4.78, 5) is 11.3. The van der Waals surface area contributed by atoms with Crippen LogP contribution in [0.5, 0.6) is 0 Å². The molecule has 76 valence electrons. The number of nitrogens with zero attached hydrogens (tertiary/aromatic N) is 2. The van der Waals surface area contributed by atoms with Crippen LogP contribution in [0.1, 0.15) is 5.56 Å². The van der Waals surface area contributed by atoms with E-state index in [-0.39, 0.29) is 0 Å². The van der Waals surface area contributed by atoms with Gasteiger partial charge in [0, 0.05) is 48.4 Å². The third kappa shape index (κ3) is 1.74. The van der Waals surface area contributed by atoms with Gasteiger partial charge in [-0.2, -0.15) is 0 Å². The van der Waals surface area contributed by atoms with Crippen LogP contribution in [0.4, 0.5) is 0 Å². The van der Waals surface area contributed by atoms with E-state index < -0.39 is 0 Å².